The quantitative estimate of drug-likeness (QED) is 0.718. The average Bonchev–Trinajstić information content (AvgIpc) is 2.69. The minimum absolute atomic E-state index is 0.326. The van der Waals surface area contributed by atoms with Crippen LogP contribution in [0.4, 0.5) is 0 Å². The predicted octanol–water partition coefficient (Wildman–Crippen LogP) is 0.513. The molecule has 0 aliphatic carbocycles. The lowest BCUT2D eigenvalue weighted by molar-refractivity contribution is -0.139. The second-order valence-corrected chi connectivity index (χ2v) is 3.35. The van der Waals surface area contributed by atoms with Gasteiger partial charge >= 0.3 is 5.97 Å². The normalized spacial score (nSPS) is 13.0. The van der Waals surface area contributed by atoms with Crippen LogP contribution < -0.4 is 5.73 Å². The van der Waals surface area contributed by atoms with Crippen molar-refractivity contribution in [3.8, 4) is 0 Å². The van der Waals surface area contributed by atoms with Gasteiger partial charge in [0, 0.05) is 6.54 Å². The molecule has 1 aromatic heterocycles. The van der Waals surface area contributed by atoms with Crippen molar-refractivity contribution in [3.05, 3.63) is 24.2 Å². The Kier molecular flexibility index (Phi) is 4.33. The molecule has 0 aliphatic heterocycles. The minimum Gasteiger partial charge on any atom is -0.480 e. The first-order valence-electron chi connectivity index (χ1n) is 4.86. The lowest BCUT2D eigenvalue weighted by Crippen LogP contribution is -2.42. The van der Waals surface area contributed by atoms with E-state index in [1.54, 1.807) is 12.3 Å². The fraction of sp³-hybridized carbons (Fsp3) is 0.500. The van der Waals surface area contributed by atoms with Crippen molar-refractivity contribution in [1.82, 2.24) is 4.90 Å². The number of furan rings is 1. The Hall–Kier alpha value is -1.33. The summed E-state index contributed by atoms with van der Waals surface area (Å²) in [4.78, 5) is 12.5. The third-order valence-electron chi connectivity index (χ3n) is 2.18. The van der Waals surface area contributed by atoms with E-state index in [-0.39, 0.29) is 0 Å². The largest absolute Gasteiger partial charge is 0.480 e. The molecule has 1 rings (SSSR count). The number of hydrogen-bond donors (Lipinski definition) is 2. The minimum atomic E-state index is -0.979. The van der Waals surface area contributed by atoms with Crippen molar-refractivity contribution in [3.63, 3.8) is 0 Å². The predicted molar refractivity (Wildman–Crippen MR) is 55.3 cm³/mol. The van der Waals surface area contributed by atoms with Crippen molar-refractivity contribution in [2.45, 2.75) is 19.5 Å². The lowest BCUT2D eigenvalue weighted by atomic mass is 10.3. The smallest absolute Gasteiger partial charge is 0.321 e. The number of rotatable bonds is 6. The van der Waals surface area contributed by atoms with Gasteiger partial charge in [-0.15, -0.1) is 0 Å². The Bertz CT molecular complexity index is 298. The standard InChI is InChI=1S/C10H16N2O3/c1-2-12(7-9(11)10(13)14)6-8-4-3-5-15-8/h3-5,9H,2,6-7,11H2,1H3,(H,13,14). The van der Waals surface area contributed by atoms with Crippen LogP contribution in [-0.4, -0.2) is 35.1 Å². The highest BCUT2D eigenvalue weighted by Crippen LogP contribution is 2.05. The number of aliphatic carboxylic acids is 1. The molecule has 5 nitrogen and oxygen atoms in total. The molecule has 0 spiro atoms. The first-order chi connectivity index (χ1) is 7.13. The van der Waals surface area contributed by atoms with Crippen LogP contribution in [0, 0.1) is 0 Å². The molecule has 1 atom stereocenters. The van der Waals surface area contributed by atoms with Gasteiger partial charge in [-0.3, -0.25) is 9.69 Å². The zero-order valence-corrected chi connectivity index (χ0v) is 8.72. The molecule has 0 fully saturated rings. The highest BCUT2D eigenvalue weighted by Gasteiger charge is 2.16. The molecule has 1 heterocycles. The molecule has 0 radical (unpaired) electrons. The molecule has 15 heavy (non-hydrogen) atoms. The first kappa shape index (κ1) is 11.7. The number of carboxylic acid groups (broad SMARTS) is 1. The second kappa shape index (κ2) is 5.53. The van der Waals surface area contributed by atoms with Gasteiger partial charge in [0.2, 0.25) is 0 Å². The van der Waals surface area contributed by atoms with Crippen molar-refractivity contribution in [2.24, 2.45) is 5.73 Å². The Balaban J connectivity index is 2.46. The molecule has 0 saturated carbocycles. The van der Waals surface area contributed by atoms with E-state index in [9.17, 15) is 4.79 Å². The van der Waals surface area contributed by atoms with Crippen molar-refractivity contribution in [1.29, 1.82) is 0 Å². The average molecular weight is 212 g/mol. The van der Waals surface area contributed by atoms with Crippen LogP contribution in [-0.2, 0) is 11.3 Å². The van der Waals surface area contributed by atoms with Crippen LogP contribution in [0.1, 0.15) is 12.7 Å². The van der Waals surface area contributed by atoms with Crippen molar-refractivity contribution in [2.75, 3.05) is 13.1 Å². The molecule has 5 heteroatoms. The van der Waals surface area contributed by atoms with Crippen LogP contribution in [0.25, 0.3) is 0 Å². The summed E-state index contributed by atoms with van der Waals surface area (Å²) in [5.41, 5.74) is 5.45. The van der Waals surface area contributed by atoms with Crippen LogP contribution >= 0.6 is 0 Å². The number of carboxylic acids is 1. The Labute approximate surface area is 88.5 Å². The summed E-state index contributed by atoms with van der Waals surface area (Å²) in [6.45, 7) is 3.61. The number of nitrogens with two attached hydrogens (primary N) is 1. The van der Waals surface area contributed by atoms with Gasteiger partial charge in [0.15, 0.2) is 0 Å². The molecule has 0 bridgehead atoms. The molecule has 0 amide bonds. The third kappa shape index (κ3) is 3.73. The van der Waals surface area contributed by atoms with E-state index in [1.165, 1.54) is 0 Å². The van der Waals surface area contributed by atoms with Gasteiger partial charge in [-0.1, -0.05) is 6.92 Å². The molecule has 1 unspecified atom stereocenters. The van der Waals surface area contributed by atoms with Gasteiger partial charge in [0.1, 0.15) is 11.8 Å². The van der Waals surface area contributed by atoms with Gasteiger partial charge in [-0.25, -0.2) is 0 Å². The number of carbonyl (C=O) groups is 1. The van der Waals surface area contributed by atoms with E-state index in [0.29, 0.717) is 13.1 Å². The Morgan fingerprint density at radius 2 is 2.47 bits per heavy atom. The number of nitrogens with zero attached hydrogens (tertiary/aromatic N) is 1. The molecule has 1 aromatic rings. The molecular weight excluding hydrogens is 196 g/mol. The highest BCUT2D eigenvalue weighted by molar-refractivity contribution is 5.73. The highest BCUT2D eigenvalue weighted by atomic mass is 16.4. The van der Waals surface area contributed by atoms with E-state index in [4.69, 9.17) is 15.3 Å². The molecule has 0 aromatic carbocycles. The summed E-state index contributed by atoms with van der Waals surface area (Å²) < 4.78 is 5.18. The monoisotopic (exact) mass is 212 g/mol. The van der Waals surface area contributed by atoms with Crippen LogP contribution in [0.15, 0.2) is 22.8 Å². The van der Waals surface area contributed by atoms with E-state index < -0.39 is 12.0 Å². The summed E-state index contributed by atoms with van der Waals surface area (Å²) in [7, 11) is 0. The van der Waals surface area contributed by atoms with Gasteiger partial charge in [0.25, 0.3) is 0 Å². The van der Waals surface area contributed by atoms with E-state index in [2.05, 4.69) is 0 Å². The molecule has 3 N–H and O–H groups in total. The molecule has 0 saturated heterocycles. The van der Waals surface area contributed by atoms with Gasteiger partial charge < -0.3 is 15.3 Å². The maximum absolute atomic E-state index is 10.6. The van der Waals surface area contributed by atoms with E-state index in [0.717, 1.165) is 12.3 Å². The van der Waals surface area contributed by atoms with Crippen LogP contribution in [0.5, 0.6) is 0 Å². The van der Waals surface area contributed by atoms with Gasteiger partial charge in [0.05, 0.1) is 12.8 Å². The topological polar surface area (TPSA) is 79.7 Å². The second-order valence-electron chi connectivity index (χ2n) is 3.35. The fourth-order valence-corrected chi connectivity index (χ4v) is 1.28. The lowest BCUT2D eigenvalue weighted by Gasteiger charge is -2.20. The third-order valence-corrected chi connectivity index (χ3v) is 2.18. The first-order valence-corrected chi connectivity index (χ1v) is 4.86. The zero-order valence-electron chi connectivity index (χ0n) is 8.72. The van der Waals surface area contributed by atoms with Crippen LogP contribution in [0.2, 0.25) is 0 Å². The van der Waals surface area contributed by atoms with E-state index >= 15 is 0 Å². The van der Waals surface area contributed by atoms with Crippen molar-refractivity contribution >= 4 is 5.97 Å². The number of hydrogen-bond acceptors (Lipinski definition) is 4. The Morgan fingerprint density at radius 1 is 1.73 bits per heavy atom. The summed E-state index contributed by atoms with van der Waals surface area (Å²) >= 11 is 0. The van der Waals surface area contributed by atoms with Crippen molar-refractivity contribution < 1.29 is 14.3 Å². The SMILES string of the molecule is CCN(Cc1ccco1)CC(N)C(=O)O. The Morgan fingerprint density at radius 3 is 2.93 bits per heavy atom. The maximum atomic E-state index is 10.6. The fourth-order valence-electron chi connectivity index (χ4n) is 1.28. The summed E-state index contributed by atoms with van der Waals surface area (Å²) in [5.74, 6) is -0.165. The molecule has 84 valence electrons. The summed E-state index contributed by atoms with van der Waals surface area (Å²) in [6, 6.07) is 2.81. The molecular formula is C10H16N2O3. The summed E-state index contributed by atoms with van der Waals surface area (Å²) in [6.07, 6.45) is 1.60. The van der Waals surface area contributed by atoms with Gasteiger partial charge in [-0.2, -0.15) is 0 Å². The van der Waals surface area contributed by atoms with E-state index in [1.807, 2.05) is 17.9 Å². The number of likely N-dealkylation sites (N-methyl/N-ethyl adjacent to an activating group) is 1. The summed E-state index contributed by atoms with van der Waals surface area (Å²) in [5, 5.41) is 8.68. The zero-order chi connectivity index (χ0) is 11.3. The van der Waals surface area contributed by atoms with Gasteiger partial charge in [-0.05, 0) is 18.7 Å². The van der Waals surface area contributed by atoms with Crippen LogP contribution in [0.3, 0.4) is 0 Å². The maximum Gasteiger partial charge on any atom is 0.321 e. The molecule has 0 aliphatic rings.